The smallest absolute Gasteiger partial charge is 0.0308 e. The maximum Gasteiger partial charge on any atom is 0.0308 e. The summed E-state index contributed by atoms with van der Waals surface area (Å²) in [4.78, 5) is 2.79. The summed E-state index contributed by atoms with van der Waals surface area (Å²) in [7, 11) is 0. The van der Waals surface area contributed by atoms with Crippen molar-refractivity contribution in [2.75, 3.05) is 26.2 Å². The van der Waals surface area contributed by atoms with Crippen LogP contribution in [0.2, 0.25) is 0 Å². The molecular weight excluding hydrogens is 244 g/mol. The summed E-state index contributed by atoms with van der Waals surface area (Å²) >= 11 is 0. The fourth-order valence-corrected chi connectivity index (χ4v) is 4.43. The van der Waals surface area contributed by atoms with Gasteiger partial charge in [0, 0.05) is 18.6 Å². The van der Waals surface area contributed by atoms with Crippen molar-refractivity contribution < 1.29 is 0 Å². The van der Waals surface area contributed by atoms with Crippen LogP contribution in [0.25, 0.3) is 0 Å². The van der Waals surface area contributed by atoms with Crippen LogP contribution in [0.15, 0.2) is 0 Å². The molecule has 20 heavy (non-hydrogen) atoms. The lowest BCUT2D eigenvalue weighted by molar-refractivity contribution is 0.122. The van der Waals surface area contributed by atoms with E-state index in [-0.39, 0.29) is 0 Å². The van der Waals surface area contributed by atoms with Crippen molar-refractivity contribution in [3.63, 3.8) is 0 Å². The second-order valence-corrected chi connectivity index (χ2v) is 8.01. The largest absolute Gasteiger partial charge is 0.310 e. The first kappa shape index (κ1) is 16.3. The van der Waals surface area contributed by atoms with Crippen LogP contribution in [-0.2, 0) is 0 Å². The zero-order chi connectivity index (χ0) is 14.6. The first-order chi connectivity index (χ1) is 9.52. The lowest BCUT2D eigenvalue weighted by Gasteiger charge is -2.41. The van der Waals surface area contributed by atoms with Crippen molar-refractivity contribution in [2.45, 2.75) is 71.8 Å². The van der Waals surface area contributed by atoms with Gasteiger partial charge in [-0.1, -0.05) is 47.0 Å². The molecule has 0 aromatic rings. The standard InChI is InChI=1S/C18H36N2/c1-15(2)17(16(3)4)13-20-12-8-11-19-18(14-20)9-6-5-7-10-18/h15-17,19H,5-14H2,1-4H3. The highest BCUT2D eigenvalue weighted by Crippen LogP contribution is 2.31. The van der Waals surface area contributed by atoms with Gasteiger partial charge in [0.25, 0.3) is 0 Å². The molecule has 1 N–H and O–H groups in total. The Morgan fingerprint density at radius 2 is 1.60 bits per heavy atom. The van der Waals surface area contributed by atoms with Crippen molar-refractivity contribution >= 4 is 0 Å². The van der Waals surface area contributed by atoms with E-state index in [1.165, 1.54) is 64.7 Å². The van der Waals surface area contributed by atoms with E-state index >= 15 is 0 Å². The van der Waals surface area contributed by atoms with Crippen LogP contribution in [0, 0.1) is 17.8 Å². The molecule has 1 saturated heterocycles. The lowest BCUT2D eigenvalue weighted by Crippen LogP contribution is -2.53. The molecule has 0 unspecified atom stereocenters. The molecule has 1 heterocycles. The molecule has 118 valence electrons. The van der Waals surface area contributed by atoms with Crippen molar-refractivity contribution in [3.05, 3.63) is 0 Å². The number of hydrogen-bond donors (Lipinski definition) is 1. The first-order valence-corrected chi connectivity index (χ1v) is 9.00. The first-order valence-electron chi connectivity index (χ1n) is 9.00. The van der Waals surface area contributed by atoms with Gasteiger partial charge in [-0.15, -0.1) is 0 Å². The fraction of sp³-hybridized carbons (Fsp3) is 1.00. The Bertz CT molecular complexity index is 271. The van der Waals surface area contributed by atoms with Crippen molar-refractivity contribution in [2.24, 2.45) is 17.8 Å². The van der Waals surface area contributed by atoms with Crippen LogP contribution >= 0.6 is 0 Å². The van der Waals surface area contributed by atoms with Gasteiger partial charge in [0.05, 0.1) is 0 Å². The van der Waals surface area contributed by atoms with Gasteiger partial charge in [-0.25, -0.2) is 0 Å². The highest BCUT2D eigenvalue weighted by molar-refractivity contribution is 4.95. The molecule has 2 aliphatic rings. The van der Waals surface area contributed by atoms with E-state index in [0.717, 1.165) is 17.8 Å². The molecule has 0 amide bonds. The number of rotatable bonds is 4. The maximum absolute atomic E-state index is 3.92. The van der Waals surface area contributed by atoms with E-state index in [9.17, 15) is 0 Å². The van der Waals surface area contributed by atoms with Crippen LogP contribution in [0.3, 0.4) is 0 Å². The molecule has 0 atom stereocenters. The monoisotopic (exact) mass is 280 g/mol. The third-order valence-corrected chi connectivity index (χ3v) is 5.67. The summed E-state index contributed by atoms with van der Waals surface area (Å²) in [5.41, 5.74) is 0.452. The van der Waals surface area contributed by atoms with Gasteiger partial charge in [0.2, 0.25) is 0 Å². The van der Waals surface area contributed by atoms with Crippen LogP contribution in [0.4, 0.5) is 0 Å². The third-order valence-electron chi connectivity index (χ3n) is 5.67. The van der Waals surface area contributed by atoms with Crippen LogP contribution < -0.4 is 5.32 Å². The van der Waals surface area contributed by atoms with E-state index in [4.69, 9.17) is 0 Å². The molecule has 1 aliphatic carbocycles. The van der Waals surface area contributed by atoms with Gasteiger partial charge >= 0.3 is 0 Å². The molecule has 1 spiro atoms. The van der Waals surface area contributed by atoms with Gasteiger partial charge in [0.15, 0.2) is 0 Å². The Kier molecular flexibility index (Phi) is 5.92. The molecule has 0 radical (unpaired) electrons. The molecule has 0 aromatic heterocycles. The summed E-state index contributed by atoms with van der Waals surface area (Å²) < 4.78 is 0. The third kappa shape index (κ3) is 4.21. The Hall–Kier alpha value is -0.0800. The second kappa shape index (κ2) is 7.26. The number of hydrogen-bond acceptors (Lipinski definition) is 2. The quantitative estimate of drug-likeness (QED) is 0.840. The topological polar surface area (TPSA) is 15.3 Å². The molecule has 0 aromatic carbocycles. The Morgan fingerprint density at radius 3 is 2.20 bits per heavy atom. The van der Waals surface area contributed by atoms with Crippen molar-refractivity contribution in [3.8, 4) is 0 Å². The van der Waals surface area contributed by atoms with E-state index in [2.05, 4.69) is 37.9 Å². The highest BCUT2D eigenvalue weighted by Gasteiger charge is 2.35. The molecule has 1 saturated carbocycles. The molecule has 2 nitrogen and oxygen atoms in total. The summed E-state index contributed by atoms with van der Waals surface area (Å²) in [6, 6.07) is 0. The average Bonchev–Trinajstić information content (AvgIpc) is 2.59. The second-order valence-electron chi connectivity index (χ2n) is 8.01. The van der Waals surface area contributed by atoms with Gasteiger partial charge in [-0.3, -0.25) is 0 Å². The van der Waals surface area contributed by atoms with Crippen LogP contribution in [0.5, 0.6) is 0 Å². The summed E-state index contributed by atoms with van der Waals surface area (Å²) in [5.74, 6) is 2.44. The summed E-state index contributed by atoms with van der Waals surface area (Å²) in [5, 5.41) is 3.92. The average molecular weight is 280 g/mol. The molecule has 2 rings (SSSR count). The number of nitrogens with zero attached hydrogens (tertiary/aromatic N) is 1. The highest BCUT2D eigenvalue weighted by atomic mass is 15.2. The van der Waals surface area contributed by atoms with E-state index in [1.807, 2.05) is 0 Å². The lowest BCUT2D eigenvalue weighted by atomic mass is 9.80. The maximum atomic E-state index is 3.92. The zero-order valence-corrected chi connectivity index (χ0v) is 14.3. The molecule has 2 heteroatoms. The zero-order valence-electron chi connectivity index (χ0n) is 14.3. The summed E-state index contributed by atoms with van der Waals surface area (Å²) in [6.07, 6.45) is 8.43. The Morgan fingerprint density at radius 1 is 0.950 bits per heavy atom. The number of nitrogens with one attached hydrogen (secondary N) is 1. The van der Waals surface area contributed by atoms with Crippen molar-refractivity contribution in [1.82, 2.24) is 10.2 Å². The molecular formula is C18H36N2. The van der Waals surface area contributed by atoms with Crippen molar-refractivity contribution in [1.29, 1.82) is 0 Å². The Labute approximate surface area is 126 Å². The normalized spacial score (nSPS) is 24.8. The fourth-order valence-electron chi connectivity index (χ4n) is 4.43. The summed E-state index contributed by atoms with van der Waals surface area (Å²) in [6.45, 7) is 14.7. The minimum absolute atomic E-state index is 0.452. The molecule has 0 bridgehead atoms. The predicted octanol–water partition coefficient (Wildman–Crippen LogP) is 3.91. The van der Waals surface area contributed by atoms with E-state index in [1.54, 1.807) is 0 Å². The van der Waals surface area contributed by atoms with Gasteiger partial charge in [-0.05, 0) is 50.1 Å². The molecule has 2 fully saturated rings. The van der Waals surface area contributed by atoms with Crippen LogP contribution in [-0.4, -0.2) is 36.6 Å². The minimum Gasteiger partial charge on any atom is -0.310 e. The molecule has 1 aliphatic heterocycles. The van der Waals surface area contributed by atoms with E-state index in [0.29, 0.717) is 5.54 Å². The predicted molar refractivity (Wildman–Crippen MR) is 88.0 cm³/mol. The van der Waals surface area contributed by atoms with Gasteiger partial charge in [-0.2, -0.15) is 0 Å². The van der Waals surface area contributed by atoms with Gasteiger partial charge in [0.1, 0.15) is 0 Å². The van der Waals surface area contributed by atoms with E-state index < -0.39 is 0 Å². The van der Waals surface area contributed by atoms with Crippen LogP contribution in [0.1, 0.15) is 66.2 Å². The SMILES string of the molecule is CC(C)C(CN1CCCNC2(CCCCC2)C1)C(C)C. The minimum atomic E-state index is 0.452. The van der Waals surface area contributed by atoms with Gasteiger partial charge < -0.3 is 10.2 Å². The Balaban J connectivity index is 1.99.